The Morgan fingerprint density at radius 3 is 2.79 bits per heavy atom. The van der Waals surface area contributed by atoms with E-state index in [2.05, 4.69) is 20.1 Å². The number of ether oxygens (including phenoxy) is 1. The molecule has 2 aromatic heterocycles. The van der Waals surface area contributed by atoms with E-state index in [0.717, 1.165) is 40.9 Å². The number of carbonyl (C=O) groups is 1. The number of benzene rings is 1. The number of hydrogen-bond donors (Lipinski definition) is 1. The Bertz CT molecular complexity index is 918. The second-order valence-corrected chi connectivity index (χ2v) is 7.64. The van der Waals surface area contributed by atoms with E-state index in [9.17, 15) is 4.79 Å². The van der Waals surface area contributed by atoms with Crippen molar-refractivity contribution in [3.8, 4) is 5.75 Å². The molecule has 1 N–H and O–H groups in total. The number of carbonyl (C=O) groups excluding carboxylic acids is 1. The summed E-state index contributed by atoms with van der Waals surface area (Å²) in [4.78, 5) is 12.3. The topological polar surface area (TPSA) is 82.2 Å². The van der Waals surface area contributed by atoms with Gasteiger partial charge in [0, 0.05) is 12.5 Å². The van der Waals surface area contributed by atoms with Crippen molar-refractivity contribution in [2.24, 2.45) is 0 Å². The van der Waals surface area contributed by atoms with Crippen molar-refractivity contribution < 1.29 is 13.9 Å². The largest absolute Gasteiger partial charge is 0.497 e. The van der Waals surface area contributed by atoms with Crippen LogP contribution in [0.15, 0.2) is 52.2 Å². The Kier molecular flexibility index (Phi) is 5.66. The minimum absolute atomic E-state index is 0.0404. The van der Waals surface area contributed by atoms with Crippen molar-refractivity contribution in [2.75, 3.05) is 12.9 Å². The molecule has 1 saturated carbocycles. The van der Waals surface area contributed by atoms with Crippen LogP contribution in [0.3, 0.4) is 0 Å². The van der Waals surface area contributed by atoms with E-state index in [-0.39, 0.29) is 11.7 Å². The number of amides is 1. The first-order valence-electron chi connectivity index (χ1n) is 9.21. The van der Waals surface area contributed by atoms with E-state index < -0.39 is 0 Å². The molecule has 146 valence electrons. The molecular weight excluding hydrogens is 376 g/mol. The summed E-state index contributed by atoms with van der Waals surface area (Å²) in [6.45, 7) is 1.07. The van der Waals surface area contributed by atoms with Crippen LogP contribution in [0.4, 0.5) is 0 Å². The zero-order chi connectivity index (χ0) is 19.3. The van der Waals surface area contributed by atoms with Gasteiger partial charge in [0.15, 0.2) is 5.16 Å². The molecule has 0 saturated heterocycles. The molecule has 28 heavy (non-hydrogen) atoms. The van der Waals surface area contributed by atoms with Gasteiger partial charge in [-0.15, -0.1) is 10.2 Å². The van der Waals surface area contributed by atoms with Crippen LogP contribution in [0.2, 0.25) is 0 Å². The maximum Gasteiger partial charge on any atom is 0.230 e. The molecule has 3 aromatic rings. The molecule has 0 atom stereocenters. The molecule has 0 aliphatic heterocycles. The third-order valence-electron chi connectivity index (χ3n) is 4.56. The number of rotatable bonds is 9. The van der Waals surface area contributed by atoms with Crippen LogP contribution in [0.25, 0.3) is 0 Å². The van der Waals surface area contributed by atoms with Gasteiger partial charge in [0.25, 0.3) is 0 Å². The number of methoxy groups -OCH3 is 1. The summed E-state index contributed by atoms with van der Waals surface area (Å²) in [5.41, 5.74) is 1.02. The van der Waals surface area contributed by atoms with Gasteiger partial charge in [-0.05, 0) is 42.7 Å². The fourth-order valence-electron chi connectivity index (χ4n) is 2.88. The first kappa shape index (κ1) is 18.6. The van der Waals surface area contributed by atoms with Gasteiger partial charge >= 0.3 is 0 Å². The minimum Gasteiger partial charge on any atom is -0.497 e. The zero-order valence-corrected chi connectivity index (χ0v) is 16.4. The lowest BCUT2D eigenvalue weighted by Gasteiger charge is -2.09. The van der Waals surface area contributed by atoms with Crippen LogP contribution in [0, 0.1) is 0 Å². The van der Waals surface area contributed by atoms with E-state index in [4.69, 9.17) is 9.15 Å². The first-order valence-corrected chi connectivity index (χ1v) is 10.2. The SMILES string of the molecule is COc1ccc(CNC(=O)CSc2nnc(C3CC3)n2Cc2ccco2)cc1. The summed E-state index contributed by atoms with van der Waals surface area (Å²) < 4.78 is 12.7. The molecule has 7 nitrogen and oxygen atoms in total. The Morgan fingerprint density at radius 1 is 1.29 bits per heavy atom. The number of aromatic nitrogens is 3. The Morgan fingerprint density at radius 2 is 2.11 bits per heavy atom. The summed E-state index contributed by atoms with van der Waals surface area (Å²) in [5.74, 6) is 3.36. The standard InChI is InChI=1S/C20H22N4O3S/c1-26-16-8-4-14(5-9-16)11-21-18(25)13-28-20-23-22-19(15-6-7-15)24(20)12-17-3-2-10-27-17/h2-5,8-10,15H,6-7,11-13H2,1H3,(H,21,25). The maximum atomic E-state index is 12.3. The van der Waals surface area contributed by atoms with Crippen molar-refractivity contribution in [3.05, 3.63) is 59.8 Å². The van der Waals surface area contributed by atoms with Gasteiger partial charge in [0.05, 0.1) is 25.7 Å². The Labute approximate surface area is 167 Å². The molecule has 1 aliphatic carbocycles. The minimum atomic E-state index is -0.0404. The highest BCUT2D eigenvalue weighted by Crippen LogP contribution is 2.40. The molecule has 1 amide bonds. The second-order valence-electron chi connectivity index (χ2n) is 6.69. The molecule has 1 aromatic carbocycles. The van der Waals surface area contributed by atoms with Crippen LogP contribution >= 0.6 is 11.8 Å². The molecule has 8 heteroatoms. The van der Waals surface area contributed by atoms with Crippen LogP contribution in [-0.4, -0.2) is 33.5 Å². The van der Waals surface area contributed by atoms with Gasteiger partial charge < -0.3 is 14.5 Å². The van der Waals surface area contributed by atoms with Crippen LogP contribution in [-0.2, 0) is 17.9 Å². The maximum absolute atomic E-state index is 12.3. The lowest BCUT2D eigenvalue weighted by atomic mass is 10.2. The molecule has 2 heterocycles. The fraction of sp³-hybridized carbons (Fsp3) is 0.350. The molecule has 0 bridgehead atoms. The smallest absolute Gasteiger partial charge is 0.230 e. The van der Waals surface area contributed by atoms with Crippen molar-refractivity contribution in [1.82, 2.24) is 20.1 Å². The number of nitrogens with one attached hydrogen (secondary N) is 1. The molecule has 0 spiro atoms. The third-order valence-corrected chi connectivity index (χ3v) is 5.53. The van der Waals surface area contributed by atoms with E-state index in [1.165, 1.54) is 11.8 Å². The van der Waals surface area contributed by atoms with Crippen molar-refractivity contribution in [3.63, 3.8) is 0 Å². The fourth-order valence-corrected chi connectivity index (χ4v) is 3.66. The number of thioether (sulfide) groups is 1. The summed E-state index contributed by atoms with van der Waals surface area (Å²) in [5, 5.41) is 12.3. The van der Waals surface area contributed by atoms with Gasteiger partial charge in [0.1, 0.15) is 17.3 Å². The van der Waals surface area contributed by atoms with Crippen LogP contribution < -0.4 is 10.1 Å². The number of nitrogens with zero attached hydrogens (tertiary/aromatic N) is 3. The average Bonchev–Trinajstić information content (AvgIpc) is 3.29. The summed E-state index contributed by atoms with van der Waals surface area (Å²) >= 11 is 1.40. The molecule has 4 rings (SSSR count). The van der Waals surface area contributed by atoms with E-state index in [1.54, 1.807) is 13.4 Å². The second kappa shape index (κ2) is 8.52. The van der Waals surface area contributed by atoms with Gasteiger partial charge in [-0.25, -0.2) is 0 Å². The van der Waals surface area contributed by atoms with Gasteiger partial charge in [-0.3, -0.25) is 9.36 Å². The van der Waals surface area contributed by atoms with Gasteiger partial charge in [0.2, 0.25) is 5.91 Å². The van der Waals surface area contributed by atoms with Crippen molar-refractivity contribution in [2.45, 2.75) is 37.0 Å². The van der Waals surface area contributed by atoms with E-state index >= 15 is 0 Å². The number of furan rings is 1. The lowest BCUT2D eigenvalue weighted by molar-refractivity contribution is -0.118. The van der Waals surface area contributed by atoms with Crippen molar-refractivity contribution >= 4 is 17.7 Å². The van der Waals surface area contributed by atoms with Crippen LogP contribution in [0.5, 0.6) is 5.75 Å². The average molecular weight is 398 g/mol. The van der Waals surface area contributed by atoms with Crippen molar-refractivity contribution in [1.29, 1.82) is 0 Å². The highest BCUT2D eigenvalue weighted by atomic mass is 32.2. The zero-order valence-electron chi connectivity index (χ0n) is 15.6. The van der Waals surface area contributed by atoms with E-state index in [1.807, 2.05) is 36.4 Å². The molecular formula is C20H22N4O3S. The molecule has 1 fully saturated rings. The highest BCUT2D eigenvalue weighted by Gasteiger charge is 2.30. The first-order chi connectivity index (χ1) is 13.7. The Balaban J connectivity index is 1.34. The monoisotopic (exact) mass is 398 g/mol. The van der Waals surface area contributed by atoms with Gasteiger partial charge in [-0.1, -0.05) is 23.9 Å². The number of hydrogen-bond acceptors (Lipinski definition) is 6. The quantitative estimate of drug-likeness (QED) is 0.558. The predicted molar refractivity (Wildman–Crippen MR) is 105 cm³/mol. The summed E-state index contributed by atoms with van der Waals surface area (Å²) in [6.07, 6.45) is 3.95. The summed E-state index contributed by atoms with van der Waals surface area (Å²) in [7, 11) is 1.63. The molecule has 1 aliphatic rings. The highest BCUT2D eigenvalue weighted by molar-refractivity contribution is 7.99. The third kappa shape index (κ3) is 4.56. The van der Waals surface area contributed by atoms with E-state index in [0.29, 0.717) is 19.0 Å². The Hall–Kier alpha value is -2.74. The molecule has 0 radical (unpaired) electrons. The van der Waals surface area contributed by atoms with Crippen LogP contribution in [0.1, 0.15) is 35.9 Å². The van der Waals surface area contributed by atoms with Gasteiger partial charge in [-0.2, -0.15) is 0 Å². The normalized spacial score (nSPS) is 13.5. The summed E-state index contributed by atoms with van der Waals surface area (Å²) in [6, 6.07) is 11.4. The predicted octanol–water partition coefficient (Wildman–Crippen LogP) is 3.21. The molecule has 0 unspecified atom stereocenters. The lowest BCUT2D eigenvalue weighted by Crippen LogP contribution is -2.24.